The molecule has 2 bridgehead atoms. The molecule has 3 unspecified atom stereocenters. The highest BCUT2D eigenvalue weighted by molar-refractivity contribution is 5.11. The molecule has 1 aromatic rings. The minimum atomic E-state index is 0.476. The first kappa shape index (κ1) is 15.0. The minimum absolute atomic E-state index is 0.476. The van der Waals surface area contributed by atoms with Crippen molar-refractivity contribution in [2.24, 2.45) is 5.92 Å². The van der Waals surface area contributed by atoms with Gasteiger partial charge in [-0.15, -0.1) is 0 Å². The second-order valence-electron chi connectivity index (χ2n) is 6.79. The van der Waals surface area contributed by atoms with Crippen molar-refractivity contribution in [1.29, 1.82) is 0 Å². The maximum atomic E-state index is 4.49. The summed E-state index contributed by atoms with van der Waals surface area (Å²) in [5.41, 5.74) is 1.39. The van der Waals surface area contributed by atoms with Gasteiger partial charge in [0, 0.05) is 24.8 Å². The van der Waals surface area contributed by atoms with E-state index < -0.39 is 0 Å². The molecule has 0 radical (unpaired) electrons. The first-order chi connectivity index (χ1) is 10.2. The lowest BCUT2D eigenvalue weighted by Crippen LogP contribution is -2.44. The van der Waals surface area contributed by atoms with Gasteiger partial charge < -0.3 is 10.2 Å². The van der Waals surface area contributed by atoms with E-state index in [0.717, 1.165) is 31.1 Å². The Balaban J connectivity index is 1.79. The van der Waals surface area contributed by atoms with Gasteiger partial charge in [0.05, 0.1) is 11.7 Å². The van der Waals surface area contributed by atoms with Crippen molar-refractivity contribution in [3.63, 3.8) is 0 Å². The third-order valence-corrected chi connectivity index (χ3v) is 5.59. The van der Waals surface area contributed by atoms with Crippen LogP contribution in [-0.4, -0.2) is 40.4 Å². The number of aryl methyl sites for hydroxylation is 1. The molecule has 2 fully saturated rings. The Hall–Kier alpha value is -0.870. The number of piperidine rings is 1. The number of rotatable bonds is 6. The average molecular weight is 290 g/mol. The molecule has 118 valence electrons. The van der Waals surface area contributed by atoms with Crippen molar-refractivity contribution in [1.82, 2.24) is 20.0 Å². The van der Waals surface area contributed by atoms with Gasteiger partial charge in [-0.25, -0.2) is 0 Å². The van der Waals surface area contributed by atoms with Crippen LogP contribution in [0.2, 0.25) is 0 Å². The van der Waals surface area contributed by atoms with Gasteiger partial charge in [0.25, 0.3) is 0 Å². The molecule has 0 spiro atoms. The molecular formula is C17H30N4. The molecule has 0 saturated carbocycles. The summed E-state index contributed by atoms with van der Waals surface area (Å²) in [6.45, 7) is 6.50. The Labute approximate surface area is 128 Å². The van der Waals surface area contributed by atoms with Crippen LogP contribution in [0.25, 0.3) is 0 Å². The summed E-state index contributed by atoms with van der Waals surface area (Å²) in [5.74, 6) is 0.757. The fraction of sp³-hybridized carbons (Fsp3) is 0.824. The second kappa shape index (κ2) is 6.49. The predicted molar refractivity (Wildman–Crippen MR) is 86.2 cm³/mol. The van der Waals surface area contributed by atoms with Crippen LogP contribution < -0.4 is 5.32 Å². The molecular weight excluding hydrogens is 260 g/mol. The highest BCUT2D eigenvalue weighted by atomic mass is 15.3. The van der Waals surface area contributed by atoms with Crippen LogP contribution in [0, 0.1) is 5.92 Å². The lowest BCUT2D eigenvalue weighted by Gasteiger charge is -2.40. The van der Waals surface area contributed by atoms with E-state index in [1.54, 1.807) is 0 Å². The smallest absolute Gasteiger partial charge is 0.0556 e. The van der Waals surface area contributed by atoms with Gasteiger partial charge in [0.15, 0.2) is 0 Å². The molecule has 4 heteroatoms. The third-order valence-electron chi connectivity index (χ3n) is 5.59. The summed E-state index contributed by atoms with van der Waals surface area (Å²) in [7, 11) is 2.32. The zero-order chi connectivity index (χ0) is 14.8. The number of nitrogens with one attached hydrogen (secondary N) is 1. The van der Waals surface area contributed by atoms with Crippen molar-refractivity contribution in [3.05, 3.63) is 18.0 Å². The molecule has 2 aliphatic heterocycles. The Morgan fingerprint density at radius 2 is 2.00 bits per heavy atom. The van der Waals surface area contributed by atoms with Gasteiger partial charge in [-0.05, 0) is 64.6 Å². The van der Waals surface area contributed by atoms with Crippen LogP contribution in [-0.2, 0) is 6.54 Å². The van der Waals surface area contributed by atoms with Gasteiger partial charge in [0.1, 0.15) is 0 Å². The van der Waals surface area contributed by atoms with Crippen LogP contribution in [0.5, 0.6) is 0 Å². The van der Waals surface area contributed by atoms with Crippen LogP contribution >= 0.6 is 0 Å². The molecule has 3 rings (SSSR count). The van der Waals surface area contributed by atoms with Gasteiger partial charge >= 0.3 is 0 Å². The van der Waals surface area contributed by atoms with E-state index in [1.807, 2.05) is 6.20 Å². The van der Waals surface area contributed by atoms with E-state index in [1.165, 1.54) is 37.8 Å². The minimum Gasteiger partial charge on any atom is -0.308 e. The Kier molecular flexibility index (Phi) is 4.65. The molecule has 1 aromatic heterocycles. The third kappa shape index (κ3) is 2.88. The van der Waals surface area contributed by atoms with Crippen molar-refractivity contribution in [2.75, 3.05) is 13.6 Å². The molecule has 3 atom stereocenters. The number of hydrogen-bond acceptors (Lipinski definition) is 3. The van der Waals surface area contributed by atoms with E-state index in [9.17, 15) is 0 Å². The standard InChI is InChI=1S/C17H30N4/c1-4-9-18-17(16-8-10-19-21(16)5-2)13-11-14-6-7-15(12-13)20(14)3/h8,10,13-15,17-18H,4-7,9,11-12H2,1-3H3. The molecule has 1 N–H and O–H groups in total. The van der Waals surface area contributed by atoms with E-state index >= 15 is 0 Å². The molecule has 0 aliphatic carbocycles. The number of hydrogen-bond donors (Lipinski definition) is 1. The summed E-state index contributed by atoms with van der Waals surface area (Å²) in [5, 5.41) is 8.31. The maximum Gasteiger partial charge on any atom is 0.0556 e. The van der Waals surface area contributed by atoms with Crippen LogP contribution in [0.1, 0.15) is 57.7 Å². The molecule has 21 heavy (non-hydrogen) atoms. The highest BCUT2D eigenvalue weighted by Gasteiger charge is 2.41. The number of nitrogens with zero attached hydrogens (tertiary/aromatic N) is 3. The molecule has 0 aromatic carbocycles. The summed E-state index contributed by atoms with van der Waals surface area (Å²) >= 11 is 0. The molecule has 4 nitrogen and oxygen atoms in total. The SMILES string of the molecule is CCCNC(c1ccnn1CC)C1CC2CCC(C1)N2C. The largest absolute Gasteiger partial charge is 0.308 e. The van der Waals surface area contributed by atoms with Gasteiger partial charge in [-0.3, -0.25) is 4.68 Å². The van der Waals surface area contributed by atoms with Crippen LogP contribution in [0.15, 0.2) is 12.3 Å². The monoisotopic (exact) mass is 290 g/mol. The second-order valence-corrected chi connectivity index (χ2v) is 6.79. The topological polar surface area (TPSA) is 33.1 Å². The normalized spacial score (nSPS) is 30.7. The number of aromatic nitrogens is 2. The van der Waals surface area contributed by atoms with Crippen molar-refractivity contribution in [3.8, 4) is 0 Å². The zero-order valence-corrected chi connectivity index (χ0v) is 13.8. The molecule has 2 aliphatic rings. The van der Waals surface area contributed by atoms with Gasteiger partial charge in [0.2, 0.25) is 0 Å². The fourth-order valence-corrected chi connectivity index (χ4v) is 4.41. The van der Waals surface area contributed by atoms with Crippen LogP contribution in [0.3, 0.4) is 0 Å². The first-order valence-corrected chi connectivity index (χ1v) is 8.71. The first-order valence-electron chi connectivity index (χ1n) is 8.71. The lowest BCUT2D eigenvalue weighted by molar-refractivity contribution is 0.110. The van der Waals surface area contributed by atoms with E-state index in [-0.39, 0.29) is 0 Å². The Morgan fingerprint density at radius 1 is 1.29 bits per heavy atom. The van der Waals surface area contributed by atoms with Crippen LogP contribution in [0.4, 0.5) is 0 Å². The zero-order valence-electron chi connectivity index (χ0n) is 13.8. The Bertz CT molecular complexity index is 441. The summed E-state index contributed by atoms with van der Waals surface area (Å²) < 4.78 is 2.17. The fourth-order valence-electron chi connectivity index (χ4n) is 4.41. The maximum absolute atomic E-state index is 4.49. The molecule has 0 amide bonds. The predicted octanol–water partition coefficient (Wildman–Crippen LogP) is 2.82. The van der Waals surface area contributed by atoms with E-state index in [2.05, 4.69) is 47.0 Å². The van der Waals surface area contributed by atoms with Crippen molar-refractivity contribution < 1.29 is 0 Å². The van der Waals surface area contributed by atoms with E-state index in [4.69, 9.17) is 0 Å². The van der Waals surface area contributed by atoms with Crippen molar-refractivity contribution in [2.45, 2.75) is 70.6 Å². The van der Waals surface area contributed by atoms with Gasteiger partial charge in [-0.1, -0.05) is 6.92 Å². The number of fused-ring (bicyclic) bond motifs is 2. The summed E-state index contributed by atoms with van der Waals surface area (Å²) in [6.07, 6.45) is 8.61. The Morgan fingerprint density at radius 3 is 2.62 bits per heavy atom. The molecule has 2 saturated heterocycles. The van der Waals surface area contributed by atoms with E-state index in [0.29, 0.717) is 6.04 Å². The quantitative estimate of drug-likeness (QED) is 0.874. The summed E-state index contributed by atoms with van der Waals surface area (Å²) in [4.78, 5) is 2.63. The average Bonchev–Trinajstić information content (AvgIpc) is 3.01. The summed E-state index contributed by atoms with van der Waals surface area (Å²) in [6, 6.07) is 4.30. The lowest BCUT2D eigenvalue weighted by atomic mass is 9.83. The van der Waals surface area contributed by atoms with Gasteiger partial charge in [-0.2, -0.15) is 5.10 Å². The molecule has 3 heterocycles. The van der Waals surface area contributed by atoms with Crippen molar-refractivity contribution >= 4 is 0 Å². The highest BCUT2D eigenvalue weighted by Crippen LogP contribution is 2.42.